The predicted molar refractivity (Wildman–Crippen MR) is 75.1 cm³/mol. The van der Waals surface area contributed by atoms with E-state index >= 15 is 0 Å². The molecule has 1 heterocycles. The van der Waals surface area contributed by atoms with E-state index in [1.54, 1.807) is 7.05 Å². The monoisotopic (exact) mass is 298 g/mol. The largest absolute Gasteiger partial charge is 0.375 e. The molecule has 116 valence electrons. The number of rotatable bonds is 6. The highest BCUT2D eigenvalue weighted by Crippen LogP contribution is 2.25. The van der Waals surface area contributed by atoms with E-state index in [-0.39, 0.29) is 5.91 Å². The molecule has 1 N–H and O–H groups in total. The second-order valence-corrected chi connectivity index (χ2v) is 5.29. The standard InChI is InChI=1S/C15H20F2N2O2/c1-19(14(20)13-9-15(16,17)11-18-13)7-8-21-10-12-5-3-2-4-6-12/h2-6,13,18H,7-11H2,1H3. The lowest BCUT2D eigenvalue weighted by Gasteiger charge is -2.21. The van der Waals surface area contributed by atoms with Gasteiger partial charge in [-0.25, -0.2) is 8.78 Å². The van der Waals surface area contributed by atoms with E-state index in [1.165, 1.54) is 4.90 Å². The molecule has 4 nitrogen and oxygen atoms in total. The van der Waals surface area contributed by atoms with Gasteiger partial charge >= 0.3 is 0 Å². The molecule has 1 unspecified atom stereocenters. The summed E-state index contributed by atoms with van der Waals surface area (Å²) in [5, 5.41) is 2.56. The van der Waals surface area contributed by atoms with E-state index in [0.717, 1.165) is 5.56 Å². The van der Waals surface area contributed by atoms with Crippen molar-refractivity contribution in [2.45, 2.75) is 25.0 Å². The van der Waals surface area contributed by atoms with Gasteiger partial charge in [0, 0.05) is 20.0 Å². The van der Waals surface area contributed by atoms with E-state index in [0.29, 0.717) is 19.8 Å². The third kappa shape index (κ3) is 4.75. The van der Waals surface area contributed by atoms with Gasteiger partial charge in [-0.05, 0) is 5.56 Å². The van der Waals surface area contributed by atoms with Crippen LogP contribution in [-0.4, -0.2) is 49.5 Å². The van der Waals surface area contributed by atoms with Crippen LogP contribution in [0, 0.1) is 0 Å². The highest BCUT2D eigenvalue weighted by molar-refractivity contribution is 5.82. The summed E-state index contributed by atoms with van der Waals surface area (Å²) >= 11 is 0. The molecular formula is C15H20F2N2O2. The van der Waals surface area contributed by atoms with Crippen molar-refractivity contribution in [1.82, 2.24) is 10.2 Å². The summed E-state index contributed by atoms with van der Waals surface area (Å²) in [6.45, 7) is 0.806. The maximum atomic E-state index is 13.1. The van der Waals surface area contributed by atoms with Gasteiger partial charge in [0.2, 0.25) is 5.91 Å². The van der Waals surface area contributed by atoms with E-state index in [1.807, 2.05) is 30.3 Å². The number of halogens is 2. The molecule has 0 radical (unpaired) electrons. The van der Waals surface area contributed by atoms with E-state index in [4.69, 9.17) is 4.74 Å². The van der Waals surface area contributed by atoms with Crippen LogP contribution in [0.1, 0.15) is 12.0 Å². The maximum absolute atomic E-state index is 13.1. The number of benzene rings is 1. The van der Waals surface area contributed by atoms with Gasteiger partial charge in [0.05, 0.1) is 25.8 Å². The third-order valence-corrected chi connectivity index (χ3v) is 3.47. The average Bonchev–Trinajstić information content (AvgIpc) is 2.84. The molecule has 0 aliphatic carbocycles. The molecule has 1 aliphatic rings. The molecule has 1 aliphatic heterocycles. The molecule has 2 rings (SSSR count). The van der Waals surface area contributed by atoms with Crippen LogP contribution in [0.4, 0.5) is 8.78 Å². The first kappa shape index (κ1) is 15.9. The Labute approximate surface area is 123 Å². The first-order valence-corrected chi connectivity index (χ1v) is 6.96. The summed E-state index contributed by atoms with van der Waals surface area (Å²) in [5.41, 5.74) is 1.06. The van der Waals surface area contributed by atoms with E-state index in [9.17, 15) is 13.6 Å². The molecule has 1 saturated heterocycles. The zero-order valence-electron chi connectivity index (χ0n) is 12.0. The third-order valence-electron chi connectivity index (χ3n) is 3.47. The van der Waals surface area contributed by atoms with Crippen LogP contribution in [0.2, 0.25) is 0 Å². The molecule has 6 heteroatoms. The lowest BCUT2D eigenvalue weighted by Crippen LogP contribution is -2.42. The van der Waals surface area contributed by atoms with Crippen molar-refractivity contribution in [1.29, 1.82) is 0 Å². The Bertz CT molecular complexity index is 468. The topological polar surface area (TPSA) is 41.6 Å². The van der Waals surface area contributed by atoms with Gasteiger partial charge in [-0.15, -0.1) is 0 Å². The Morgan fingerprint density at radius 2 is 2.14 bits per heavy atom. The predicted octanol–water partition coefficient (Wildman–Crippen LogP) is 1.66. The molecule has 1 amide bonds. The highest BCUT2D eigenvalue weighted by atomic mass is 19.3. The van der Waals surface area contributed by atoms with Crippen LogP contribution in [0.15, 0.2) is 30.3 Å². The first-order valence-electron chi connectivity index (χ1n) is 6.96. The number of carbonyl (C=O) groups excluding carboxylic acids is 1. The number of amides is 1. The Morgan fingerprint density at radius 3 is 2.76 bits per heavy atom. The van der Waals surface area contributed by atoms with Gasteiger partial charge < -0.3 is 9.64 Å². The van der Waals surface area contributed by atoms with Crippen LogP contribution in [-0.2, 0) is 16.1 Å². The normalized spacial score (nSPS) is 20.4. The summed E-state index contributed by atoms with van der Waals surface area (Å²) in [5.74, 6) is -3.10. The van der Waals surface area contributed by atoms with Crippen molar-refractivity contribution >= 4 is 5.91 Å². The van der Waals surface area contributed by atoms with Crippen LogP contribution in [0.25, 0.3) is 0 Å². The Morgan fingerprint density at radius 1 is 1.43 bits per heavy atom. The lowest BCUT2D eigenvalue weighted by atomic mass is 10.2. The fourth-order valence-electron chi connectivity index (χ4n) is 2.23. The maximum Gasteiger partial charge on any atom is 0.262 e. The molecule has 1 aromatic carbocycles. The van der Waals surface area contributed by atoms with Gasteiger partial charge in [0.25, 0.3) is 5.92 Å². The Hall–Kier alpha value is -1.53. The summed E-state index contributed by atoms with van der Waals surface area (Å²) in [7, 11) is 1.60. The zero-order chi connectivity index (χ0) is 15.3. The number of hydrogen-bond donors (Lipinski definition) is 1. The number of hydrogen-bond acceptors (Lipinski definition) is 3. The molecule has 0 bridgehead atoms. The first-order chi connectivity index (χ1) is 9.98. The highest BCUT2D eigenvalue weighted by Gasteiger charge is 2.42. The lowest BCUT2D eigenvalue weighted by molar-refractivity contribution is -0.133. The minimum atomic E-state index is -2.79. The molecule has 0 saturated carbocycles. The van der Waals surface area contributed by atoms with Crippen molar-refractivity contribution in [2.75, 3.05) is 26.7 Å². The van der Waals surface area contributed by atoms with Crippen molar-refractivity contribution in [3.05, 3.63) is 35.9 Å². The average molecular weight is 298 g/mol. The summed E-state index contributed by atoms with van der Waals surface area (Å²) < 4.78 is 31.6. The smallest absolute Gasteiger partial charge is 0.262 e. The van der Waals surface area contributed by atoms with Gasteiger partial charge in [-0.3, -0.25) is 10.1 Å². The molecule has 1 aromatic rings. The van der Waals surface area contributed by atoms with E-state index < -0.39 is 24.9 Å². The van der Waals surface area contributed by atoms with Crippen LogP contribution < -0.4 is 5.32 Å². The SMILES string of the molecule is CN(CCOCc1ccccc1)C(=O)C1CC(F)(F)CN1. The van der Waals surface area contributed by atoms with Gasteiger partial charge in [0.1, 0.15) is 0 Å². The zero-order valence-corrected chi connectivity index (χ0v) is 12.0. The fourth-order valence-corrected chi connectivity index (χ4v) is 2.23. The molecule has 1 fully saturated rings. The quantitative estimate of drug-likeness (QED) is 0.812. The molecule has 0 spiro atoms. The Kier molecular flexibility index (Phi) is 5.25. The number of alkyl halides is 2. The van der Waals surface area contributed by atoms with Gasteiger partial charge in [-0.1, -0.05) is 30.3 Å². The second-order valence-electron chi connectivity index (χ2n) is 5.29. The number of nitrogens with zero attached hydrogens (tertiary/aromatic N) is 1. The number of likely N-dealkylation sites (N-methyl/N-ethyl adjacent to an activating group) is 1. The van der Waals surface area contributed by atoms with Crippen molar-refractivity contribution in [3.63, 3.8) is 0 Å². The minimum absolute atomic E-state index is 0.310. The minimum Gasteiger partial charge on any atom is -0.375 e. The van der Waals surface area contributed by atoms with Crippen LogP contribution in [0.5, 0.6) is 0 Å². The molecule has 0 aromatic heterocycles. The number of carbonyl (C=O) groups is 1. The van der Waals surface area contributed by atoms with Crippen molar-refractivity contribution in [3.8, 4) is 0 Å². The molecule has 1 atom stereocenters. The molecular weight excluding hydrogens is 278 g/mol. The second kappa shape index (κ2) is 6.95. The summed E-state index contributed by atoms with van der Waals surface area (Å²) in [6, 6.07) is 8.92. The molecule has 21 heavy (non-hydrogen) atoms. The van der Waals surface area contributed by atoms with Crippen LogP contribution >= 0.6 is 0 Å². The van der Waals surface area contributed by atoms with E-state index in [2.05, 4.69) is 5.32 Å². The van der Waals surface area contributed by atoms with Crippen LogP contribution in [0.3, 0.4) is 0 Å². The summed E-state index contributed by atoms with van der Waals surface area (Å²) in [6.07, 6.45) is -0.430. The fraction of sp³-hybridized carbons (Fsp3) is 0.533. The van der Waals surface area contributed by atoms with Gasteiger partial charge in [0.15, 0.2) is 0 Å². The van der Waals surface area contributed by atoms with Crippen molar-refractivity contribution < 1.29 is 18.3 Å². The summed E-state index contributed by atoms with van der Waals surface area (Å²) in [4.78, 5) is 13.4. The number of nitrogens with one attached hydrogen (secondary N) is 1. The number of ether oxygens (including phenoxy) is 1. The van der Waals surface area contributed by atoms with Gasteiger partial charge in [-0.2, -0.15) is 0 Å². The van der Waals surface area contributed by atoms with Crippen molar-refractivity contribution in [2.24, 2.45) is 0 Å². The Balaban J connectivity index is 1.67.